The van der Waals surface area contributed by atoms with Crippen molar-refractivity contribution in [1.82, 2.24) is 49.8 Å². The minimum absolute atomic E-state index is 0.00713. The van der Waals surface area contributed by atoms with Gasteiger partial charge in [0.05, 0.1) is 61.3 Å². The van der Waals surface area contributed by atoms with Crippen LogP contribution in [0.1, 0.15) is 110 Å². The Balaban J connectivity index is 0.837. The van der Waals surface area contributed by atoms with Gasteiger partial charge in [-0.1, -0.05) is 27.7 Å². The summed E-state index contributed by atoms with van der Waals surface area (Å²) in [4.78, 5) is 91.3. The molecule has 476 valence electrons. The maximum absolute atomic E-state index is 15.3. The van der Waals surface area contributed by atoms with E-state index in [0.29, 0.717) is 104 Å². The zero-order valence-electron chi connectivity index (χ0n) is 52.2. The molecule has 6 saturated heterocycles. The molecular formula is C64H91F3N12O8. The number of halogens is 3. The summed E-state index contributed by atoms with van der Waals surface area (Å²) in [6.07, 6.45) is 3.50. The van der Waals surface area contributed by atoms with Gasteiger partial charge < -0.3 is 43.7 Å². The van der Waals surface area contributed by atoms with Crippen molar-refractivity contribution >= 4 is 51.9 Å². The smallest absolute Gasteiger partial charge is 0.406 e. The van der Waals surface area contributed by atoms with E-state index in [-0.39, 0.29) is 73.7 Å². The third-order valence-corrected chi connectivity index (χ3v) is 20.4. The zero-order chi connectivity index (χ0) is 61.4. The standard InChI is InChI=1S/C64H91F3N12O8/c1-39(2)54(75-20-17-63(35-75)18-21-76(36-63)60(83)57-55(41-11-12-41)77(57)34-52(80)71(6)7)58(81)69-50-30-45-33-74(26-27-86-45)43-15-16-51-46(28-43)48(31-62(4,5)38-87-61(84)49-10-9-19-79(70-49)59(50)82)56(78(51)37-64(65,66)67)47-29-44(32-68-53(47)40(3)85-8)73-24-22-72(23-25-73)42-13-14-42/h15-16,28-29,32,39-42,45,49-50,54-55,57,70H,9-14,17-27,30-31,33-38H2,1-8H3,(H,69,81)/t40-,45-,49-,50-,54-,55+,57+,63-,77?/m0/s1. The van der Waals surface area contributed by atoms with Crippen LogP contribution in [0, 0.1) is 22.7 Å². The largest absolute Gasteiger partial charge is 0.464 e. The van der Waals surface area contributed by atoms with E-state index in [2.05, 4.69) is 35.2 Å². The molecule has 6 bridgehead atoms. The Morgan fingerprint density at radius 1 is 0.920 bits per heavy atom. The van der Waals surface area contributed by atoms with Gasteiger partial charge in [0.2, 0.25) is 17.7 Å². The van der Waals surface area contributed by atoms with Crippen molar-refractivity contribution in [3.8, 4) is 11.3 Å². The molecule has 1 spiro atoms. The maximum Gasteiger partial charge on any atom is 0.406 e. The molecule has 0 radical (unpaired) electrons. The number of benzene rings is 1. The maximum atomic E-state index is 15.3. The number of nitrogens with one attached hydrogen (secondary N) is 2. The molecule has 8 fully saturated rings. The van der Waals surface area contributed by atoms with Gasteiger partial charge >= 0.3 is 12.1 Å². The van der Waals surface area contributed by atoms with Crippen molar-refractivity contribution < 1.29 is 51.4 Å². The number of likely N-dealkylation sites (N-methyl/N-ethyl adjacent to an activating group) is 1. The summed E-state index contributed by atoms with van der Waals surface area (Å²) < 4.78 is 65.8. The fraction of sp³-hybridized carbons (Fsp3) is 0.719. The van der Waals surface area contributed by atoms with Crippen LogP contribution >= 0.6 is 0 Å². The number of pyridine rings is 1. The molecule has 9 heterocycles. The number of aromatic nitrogens is 2. The normalized spacial score (nSPS) is 29.1. The first-order chi connectivity index (χ1) is 41.5. The summed E-state index contributed by atoms with van der Waals surface area (Å²) in [6.45, 7) is 15.8. The number of hydrogen-bond donors (Lipinski definition) is 2. The van der Waals surface area contributed by atoms with E-state index in [4.69, 9.17) is 19.2 Å². The molecule has 20 nitrogen and oxygen atoms in total. The van der Waals surface area contributed by atoms with Crippen molar-refractivity contribution in [1.29, 1.82) is 0 Å². The molecule has 4 amide bonds. The Labute approximate surface area is 509 Å². The number of methoxy groups -OCH3 is 1. The first-order valence-corrected chi connectivity index (χ1v) is 32.1. The molecule has 9 aliphatic rings. The number of cyclic esters (lactones) is 1. The number of carbonyl (C=O) groups excluding carboxylic acids is 5. The van der Waals surface area contributed by atoms with Crippen LogP contribution in [0.15, 0.2) is 30.5 Å². The third-order valence-electron chi connectivity index (χ3n) is 20.4. The van der Waals surface area contributed by atoms with Crippen LogP contribution in [-0.2, 0) is 51.1 Å². The fourth-order valence-corrected chi connectivity index (χ4v) is 15.3. The summed E-state index contributed by atoms with van der Waals surface area (Å²) in [6, 6.07) is 5.52. The summed E-state index contributed by atoms with van der Waals surface area (Å²) in [5.41, 5.74) is 6.29. The number of hydrazine groups is 1. The van der Waals surface area contributed by atoms with E-state index in [0.717, 1.165) is 63.2 Å². The Bertz CT molecular complexity index is 3090. The second-order valence-electron chi connectivity index (χ2n) is 28.1. The highest BCUT2D eigenvalue weighted by Crippen LogP contribution is 2.50. The number of esters is 1. The van der Waals surface area contributed by atoms with Gasteiger partial charge in [-0.3, -0.25) is 48.7 Å². The topological polar surface area (TPSA) is 181 Å². The van der Waals surface area contributed by atoms with Gasteiger partial charge in [0.1, 0.15) is 24.7 Å². The zero-order valence-corrected chi connectivity index (χ0v) is 52.2. The number of alkyl halides is 3. The van der Waals surface area contributed by atoms with Crippen molar-refractivity contribution in [2.24, 2.45) is 22.7 Å². The number of ether oxygens (including phenoxy) is 3. The minimum Gasteiger partial charge on any atom is -0.464 e. The molecule has 7 aliphatic heterocycles. The van der Waals surface area contributed by atoms with Crippen LogP contribution in [0.3, 0.4) is 0 Å². The molecule has 9 atom stereocenters. The monoisotopic (exact) mass is 1210 g/mol. The molecule has 1 unspecified atom stereocenters. The average Bonchev–Trinajstić information content (AvgIpc) is 1.60. The van der Waals surface area contributed by atoms with Gasteiger partial charge in [-0.05, 0) is 113 Å². The van der Waals surface area contributed by atoms with Gasteiger partial charge in [0, 0.05) is 138 Å². The average molecular weight is 1210 g/mol. The van der Waals surface area contributed by atoms with Gasteiger partial charge in [-0.15, -0.1) is 0 Å². The first-order valence-electron chi connectivity index (χ1n) is 32.1. The van der Waals surface area contributed by atoms with Crippen LogP contribution in [0.25, 0.3) is 22.2 Å². The van der Waals surface area contributed by atoms with E-state index in [1.807, 2.05) is 63.9 Å². The number of amides is 4. The van der Waals surface area contributed by atoms with Crippen molar-refractivity contribution in [3.05, 3.63) is 41.7 Å². The highest BCUT2D eigenvalue weighted by Gasteiger charge is 2.61. The Hall–Kier alpha value is -5.59. The number of rotatable bonds is 14. The van der Waals surface area contributed by atoms with Crippen molar-refractivity contribution in [3.63, 3.8) is 0 Å². The van der Waals surface area contributed by atoms with Gasteiger partial charge in [0.25, 0.3) is 5.91 Å². The number of morpholine rings is 1. The van der Waals surface area contributed by atoms with E-state index >= 15 is 22.8 Å². The molecule has 87 heavy (non-hydrogen) atoms. The van der Waals surface area contributed by atoms with E-state index < -0.39 is 60.3 Å². The van der Waals surface area contributed by atoms with E-state index in [1.54, 1.807) is 32.2 Å². The molecule has 12 rings (SSSR count). The predicted molar refractivity (Wildman–Crippen MR) is 322 cm³/mol. The molecular weight excluding hydrogens is 1120 g/mol. The lowest BCUT2D eigenvalue weighted by Crippen LogP contribution is -2.62. The summed E-state index contributed by atoms with van der Waals surface area (Å²) in [5, 5.41) is 5.30. The van der Waals surface area contributed by atoms with Crippen LogP contribution in [0.2, 0.25) is 0 Å². The number of carbonyl (C=O) groups is 5. The number of likely N-dealkylation sites (tertiary alicyclic amines) is 2. The summed E-state index contributed by atoms with van der Waals surface area (Å²) >= 11 is 0. The molecule has 2 aromatic heterocycles. The van der Waals surface area contributed by atoms with E-state index in [1.165, 1.54) is 22.4 Å². The lowest BCUT2D eigenvalue weighted by molar-refractivity contribution is -0.156. The number of fused-ring (bicyclic) bond motifs is 6. The van der Waals surface area contributed by atoms with Crippen LogP contribution < -0.4 is 20.5 Å². The number of anilines is 2. The van der Waals surface area contributed by atoms with E-state index in [9.17, 15) is 14.4 Å². The summed E-state index contributed by atoms with van der Waals surface area (Å²) in [5.74, 6) is -0.847. The quantitative estimate of drug-likeness (QED) is 0.153. The second kappa shape index (κ2) is 24.3. The second-order valence-corrected chi connectivity index (χ2v) is 28.1. The molecule has 1 aromatic carbocycles. The lowest BCUT2D eigenvalue weighted by Gasteiger charge is -2.39. The summed E-state index contributed by atoms with van der Waals surface area (Å²) in [7, 11) is 5.06. The Morgan fingerprint density at radius 3 is 2.38 bits per heavy atom. The Morgan fingerprint density at radius 2 is 1.68 bits per heavy atom. The van der Waals surface area contributed by atoms with Crippen LogP contribution in [0.4, 0.5) is 24.5 Å². The van der Waals surface area contributed by atoms with Gasteiger partial charge in [0.15, 0.2) is 0 Å². The van der Waals surface area contributed by atoms with Crippen molar-refractivity contribution in [2.45, 2.75) is 160 Å². The SMILES string of the molecule is CO[C@@H](C)c1ncc(N2CCN(C3CC3)CC2)cc1-c1c2c3cc(ccc3n1CC(F)(F)F)N1CCO[C@@H](C[C@H](NC(=O)[C@H](C(C)C)N3CC[C@]4(CCN(C(=O)[C@H]5[C@@H](C6CC6)N5CC(=O)N(C)C)C4)C3)C(=O)N3CCC[C@H](N3)C(=O)OCC(C)(C)C2)C1. The number of piperazine rings is 1. The lowest BCUT2D eigenvalue weighted by atomic mass is 9.84. The molecule has 2 N–H and O–H groups in total. The molecule has 2 saturated carbocycles. The third kappa shape index (κ3) is 13.1. The van der Waals surface area contributed by atoms with Crippen LogP contribution in [-0.4, -0.2) is 230 Å². The highest BCUT2D eigenvalue weighted by atomic mass is 19.4. The Kier molecular flexibility index (Phi) is 17.2. The predicted octanol–water partition coefficient (Wildman–Crippen LogP) is 5.46. The first kappa shape index (κ1) is 61.6. The number of nitrogens with zero attached hydrogens (tertiary/aromatic N) is 10. The van der Waals surface area contributed by atoms with Gasteiger partial charge in [-0.2, -0.15) is 13.2 Å². The fourth-order valence-electron chi connectivity index (χ4n) is 15.3. The highest BCUT2D eigenvalue weighted by molar-refractivity contribution is 5.95. The van der Waals surface area contributed by atoms with Crippen LogP contribution in [0.5, 0.6) is 0 Å². The molecule has 23 heteroatoms. The molecule has 3 aromatic rings. The number of hydrogen-bond acceptors (Lipinski definition) is 15. The van der Waals surface area contributed by atoms with Crippen molar-refractivity contribution in [2.75, 3.05) is 123 Å². The molecule has 2 aliphatic carbocycles. The van der Waals surface area contributed by atoms with Gasteiger partial charge in [-0.25, -0.2) is 5.43 Å². The minimum atomic E-state index is -4.60.